The number of imide groups is 1. The summed E-state index contributed by atoms with van der Waals surface area (Å²) in [6.07, 6.45) is -0.703. The molecule has 0 heterocycles. The maximum atomic E-state index is 12.1. The molecule has 5 nitrogen and oxygen atoms in total. The molecule has 19 heavy (non-hydrogen) atoms. The van der Waals surface area contributed by atoms with Crippen LogP contribution in [0, 0.1) is 0 Å². The van der Waals surface area contributed by atoms with E-state index in [-0.39, 0.29) is 6.04 Å². The molecule has 2 amide bonds. The summed E-state index contributed by atoms with van der Waals surface area (Å²) in [5.41, 5.74) is -1.30. The number of nitrogens with zero attached hydrogens (tertiary/aromatic N) is 1. The van der Waals surface area contributed by atoms with Crippen LogP contribution in [0.4, 0.5) is 9.59 Å². The van der Waals surface area contributed by atoms with Crippen molar-refractivity contribution in [2.45, 2.75) is 79.1 Å². The summed E-state index contributed by atoms with van der Waals surface area (Å²) in [4.78, 5) is 25.2. The minimum absolute atomic E-state index is 0.273. The third-order valence-corrected chi connectivity index (χ3v) is 2.21. The largest absolute Gasteiger partial charge is 0.443 e. The van der Waals surface area contributed by atoms with Gasteiger partial charge in [-0.05, 0) is 54.9 Å². The Morgan fingerprint density at radius 1 is 0.947 bits per heavy atom. The first kappa shape index (κ1) is 17.7. The van der Waals surface area contributed by atoms with Crippen LogP contribution in [0.15, 0.2) is 0 Å². The van der Waals surface area contributed by atoms with Crippen LogP contribution in [-0.4, -0.2) is 34.3 Å². The van der Waals surface area contributed by atoms with Gasteiger partial charge in [0.1, 0.15) is 11.2 Å². The summed E-state index contributed by atoms with van der Waals surface area (Å²) in [6, 6.07) is -0.273. The molecule has 0 aliphatic rings. The summed E-state index contributed by atoms with van der Waals surface area (Å²) >= 11 is 0. The molecule has 0 radical (unpaired) electrons. The van der Waals surface area contributed by atoms with E-state index in [1.165, 1.54) is 0 Å². The number of carbonyl (C=O) groups excluding carboxylic acids is 2. The van der Waals surface area contributed by atoms with Gasteiger partial charge in [-0.15, -0.1) is 0 Å². The predicted octanol–water partition coefficient (Wildman–Crippen LogP) is 3.96. The van der Waals surface area contributed by atoms with E-state index in [1.54, 1.807) is 48.5 Å². The monoisotopic (exact) mass is 273 g/mol. The molecular formula is C14H27NO4. The van der Waals surface area contributed by atoms with Crippen molar-refractivity contribution >= 4 is 12.2 Å². The summed E-state index contributed by atoms with van der Waals surface area (Å²) in [5.74, 6) is 0. The van der Waals surface area contributed by atoms with Crippen molar-refractivity contribution in [3.8, 4) is 0 Å². The Balaban J connectivity index is 5.02. The van der Waals surface area contributed by atoms with Gasteiger partial charge in [0, 0.05) is 6.04 Å². The van der Waals surface area contributed by atoms with Crippen LogP contribution in [0.5, 0.6) is 0 Å². The van der Waals surface area contributed by atoms with Crippen molar-refractivity contribution < 1.29 is 19.1 Å². The molecule has 0 aromatic rings. The molecule has 5 heteroatoms. The first-order chi connectivity index (χ1) is 8.37. The highest BCUT2D eigenvalue weighted by Gasteiger charge is 2.33. The van der Waals surface area contributed by atoms with E-state index in [2.05, 4.69) is 0 Å². The van der Waals surface area contributed by atoms with E-state index in [0.29, 0.717) is 6.42 Å². The zero-order valence-corrected chi connectivity index (χ0v) is 13.4. The van der Waals surface area contributed by atoms with Gasteiger partial charge in [-0.2, -0.15) is 0 Å². The minimum atomic E-state index is -0.670. The lowest BCUT2D eigenvalue weighted by atomic mass is 10.2. The van der Waals surface area contributed by atoms with Gasteiger partial charge in [-0.1, -0.05) is 6.92 Å². The average Bonchev–Trinajstić information content (AvgIpc) is 2.11. The third kappa shape index (κ3) is 7.03. The fraction of sp³-hybridized carbons (Fsp3) is 0.857. The standard InChI is InChI=1S/C14H27NO4/c1-9-10(2)15(11(16)18-13(3,4)5)12(17)19-14(6,7)8/h10H,9H2,1-8H3/t10-/m1/s1. The quantitative estimate of drug-likeness (QED) is 0.764. The molecule has 112 valence electrons. The normalized spacial score (nSPS) is 13.7. The predicted molar refractivity (Wildman–Crippen MR) is 74.1 cm³/mol. The van der Waals surface area contributed by atoms with Crippen LogP contribution in [0.1, 0.15) is 61.8 Å². The zero-order chi connectivity index (χ0) is 15.4. The van der Waals surface area contributed by atoms with Crippen molar-refractivity contribution in [3.63, 3.8) is 0 Å². The molecular weight excluding hydrogens is 246 g/mol. The molecule has 0 saturated heterocycles. The van der Waals surface area contributed by atoms with Crippen LogP contribution < -0.4 is 0 Å². The molecule has 0 N–H and O–H groups in total. The van der Waals surface area contributed by atoms with Crippen molar-refractivity contribution in [2.24, 2.45) is 0 Å². The molecule has 0 bridgehead atoms. The summed E-state index contributed by atoms with van der Waals surface area (Å²) in [7, 11) is 0. The fourth-order valence-electron chi connectivity index (χ4n) is 1.24. The van der Waals surface area contributed by atoms with E-state index in [9.17, 15) is 9.59 Å². The molecule has 0 fully saturated rings. The average molecular weight is 273 g/mol. The zero-order valence-electron chi connectivity index (χ0n) is 13.4. The number of amides is 2. The van der Waals surface area contributed by atoms with Crippen molar-refractivity contribution in [1.82, 2.24) is 4.90 Å². The molecule has 1 atom stereocenters. The molecule has 0 aliphatic carbocycles. The SMILES string of the molecule is CC[C@@H](C)N(C(=O)OC(C)(C)C)C(=O)OC(C)(C)C. The number of hydrogen-bond acceptors (Lipinski definition) is 4. The van der Waals surface area contributed by atoms with Crippen LogP contribution in [0.3, 0.4) is 0 Å². The Labute approximate surface area is 116 Å². The van der Waals surface area contributed by atoms with Crippen molar-refractivity contribution in [1.29, 1.82) is 0 Å². The highest BCUT2D eigenvalue weighted by molar-refractivity contribution is 5.88. The maximum Gasteiger partial charge on any atom is 0.420 e. The Morgan fingerprint density at radius 3 is 1.47 bits per heavy atom. The molecule has 0 spiro atoms. The van der Waals surface area contributed by atoms with Crippen molar-refractivity contribution in [3.05, 3.63) is 0 Å². The third-order valence-electron chi connectivity index (χ3n) is 2.21. The summed E-state index contributed by atoms with van der Waals surface area (Å²) < 4.78 is 10.5. The smallest absolute Gasteiger partial charge is 0.420 e. The number of ether oxygens (including phenoxy) is 2. The first-order valence-electron chi connectivity index (χ1n) is 6.62. The fourth-order valence-corrected chi connectivity index (χ4v) is 1.24. The van der Waals surface area contributed by atoms with E-state index < -0.39 is 23.4 Å². The van der Waals surface area contributed by atoms with Gasteiger partial charge < -0.3 is 9.47 Å². The van der Waals surface area contributed by atoms with Gasteiger partial charge in [0.25, 0.3) is 0 Å². The maximum absolute atomic E-state index is 12.1. The van der Waals surface area contributed by atoms with Crippen LogP contribution in [0.2, 0.25) is 0 Å². The molecule has 0 aromatic carbocycles. The Kier molecular flexibility index (Phi) is 5.84. The number of hydrogen-bond donors (Lipinski definition) is 0. The highest BCUT2D eigenvalue weighted by Crippen LogP contribution is 2.17. The van der Waals surface area contributed by atoms with E-state index >= 15 is 0 Å². The summed E-state index contributed by atoms with van der Waals surface area (Å²) in [5, 5.41) is 0. The van der Waals surface area contributed by atoms with Crippen LogP contribution in [0.25, 0.3) is 0 Å². The molecule has 0 unspecified atom stereocenters. The molecule has 0 rings (SSSR count). The van der Waals surface area contributed by atoms with Crippen LogP contribution in [-0.2, 0) is 9.47 Å². The van der Waals surface area contributed by atoms with Gasteiger partial charge in [-0.3, -0.25) is 0 Å². The first-order valence-corrected chi connectivity index (χ1v) is 6.62. The van der Waals surface area contributed by atoms with Gasteiger partial charge >= 0.3 is 12.2 Å². The highest BCUT2D eigenvalue weighted by atomic mass is 16.6. The molecule has 0 saturated carbocycles. The lowest BCUT2D eigenvalue weighted by molar-refractivity contribution is -0.00606. The second kappa shape index (κ2) is 6.26. The minimum Gasteiger partial charge on any atom is -0.443 e. The number of rotatable bonds is 2. The van der Waals surface area contributed by atoms with Gasteiger partial charge in [0.05, 0.1) is 0 Å². The topological polar surface area (TPSA) is 55.8 Å². The Hall–Kier alpha value is -1.26. The second-order valence-corrected chi connectivity index (χ2v) is 6.59. The Bertz CT molecular complexity index is 297. The molecule has 0 aliphatic heterocycles. The lowest BCUT2D eigenvalue weighted by Gasteiger charge is -2.31. The second-order valence-electron chi connectivity index (χ2n) is 6.59. The number of carbonyl (C=O) groups is 2. The van der Waals surface area contributed by atoms with Crippen molar-refractivity contribution in [2.75, 3.05) is 0 Å². The van der Waals surface area contributed by atoms with Crippen LogP contribution >= 0.6 is 0 Å². The molecule has 0 aromatic heterocycles. The van der Waals surface area contributed by atoms with E-state index in [4.69, 9.17) is 9.47 Å². The Morgan fingerprint density at radius 2 is 1.26 bits per heavy atom. The summed E-state index contributed by atoms with van der Waals surface area (Å²) in [6.45, 7) is 14.2. The van der Waals surface area contributed by atoms with Gasteiger partial charge in [0.2, 0.25) is 0 Å². The van der Waals surface area contributed by atoms with E-state index in [0.717, 1.165) is 4.90 Å². The lowest BCUT2D eigenvalue weighted by Crippen LogP contribution is -2.47. The van der Waals surface area contributed by atoms with Gasteiger partial charge in [0.15, 0.2) is 0 Å². The van der Waals surface area contributed by atoms with E-state index in [1.807, 2.05) is 6.92 Å². The van der Waals surface area contributed by atoms with Gasteiger partial charge in [-0.25, -0.2) is 14.5 Å².